The minimum absolute atomic E-state index is 0.00191. The summed E-state index contributed by atoms with van der Waals surface area (Å²) in [7, 11) is 0. The Hall–Kier alpha value is -3.47. The van der Waals surface area contributed by atoms with E-state index in [1.807, 2.05) is 0 Å². The molecule has 0 aliphatic heterocycles. The summed E-state index contributed by atoms with van der Waals surface area (Å²) in [5.74, 6) is -2.21. The second kappa shape index (κ2) is 9.80. The molecule has 11 heteroatoms. The number of nitrogens with one attached hydrogen (secondary N) is 1. The first-order valence-electron chi connectivity index (χ1n) is 9.92. The summed E-state index contributed by atoms with van der Waals surface area (Å²) in [4.78, 5) is 21.6. The van der Waals surface area contributed by atoms with E-state index < -0.39 is 34.8 Å². The van der Waals surface area contributed by atoms with Gasteiger partial charge in [0.2, 0.25) is 0 Å². The smallest absolute Gasteiger partial charge is 0.266 e. The van der Waals surface area contributed by atoms with E-state index in [0.29, 0.717) is 11.0 Å². The summed E-state index contributed by atoms with van der Waals surface area (Å²) in [6.07, 6.45) is 2.93. The monoisotopic (exact) mass is 502 g/mol. The number of aromatic nitrogens is 2. The molecule has 2 unspecified atom stereocenters. The van der Waals surface area contributed by atoms with Crippen molar-refractivity contribution < 1.29 is 22.3 Å². The summed E-state index contributed by atoms with van der Waals surface area (Å²) in [6.45, 7) is 1.53. The number of amides is 1. The number of rotatable bonds is 6. The van der Waals surface area contributed by atoms with Crippen molar-refractivity contribution in [2.24, 2.45) is 0 Å². The molecule has 4 rings (SSSR count). The highest BCUT2D eigenvalue weighted by Crippen LogP contribution is 2.35. The fraction of sp³-hybridized carbons (Fsp3) is 0.0870. The molecule has 3 aromatic carbocycles. The van der Waals surface area contributed by atoms with Gasteiger partial charge in [-0.25, -0.2) is 17.3 Å². The van der Waals surface area contributed by atoms with E-state index in [0.717, 1.165) is 16.4 Å². The van der Waals surface area contributed by atoms with E-state index in [4.69, 9.17) is 11.6 Å². The van der Waals surface area contributed by atoms with Gasteiger partial charge in [-0.15, -0.1) is 0 Å². The number of carbonyl (C=O) groups excluding carboxylic acids is 1. The highest BCUT2D eigenvalue weighted by atomic mass is 35.5. The molecule has 0 radical (unpaired) electrons. The molecule has 0 fully saturated rings. The SMILES string of the molecule is CC(NC(=O)c1ccc(Cl)cc1N(c1cccc2nccnc12)S(=O)O)c1ccc(F)cc1F. The third-order valence-electron chi connectivity index (χ3n) is 5.05. The number of hydrogen-bond donors (Lipinski definition) is 2. The number of fused-ring (bicyclic) bond motifs is 1. The lowest BCUT2D eigenvalue weighted by molar-refractivity contribution is 0.0940. The van der Waals surface area contributed by atoms with Crippen LogP contribution >= 0.6 is 11.6 Å². The summed E-state index contributed by atoms with van der Waals surface area (Å²) >= 11 is 3.54. The zero-order chi connectivity index (χ0) is 24.4. The molecule has 2 atom stereocenters. The molecule has 1 aromatic heterocycles. The first-order chi connectivity index (χ1) is 16.3. The fourth-order valence-corrected chi connectivity index (χ4v) is 4.31. The zero-order valence-corrected chi connectivity index (χ0v) is 19.1. The maximum Gasteiger partial charge on any atom is 0.266 e. The Morgan fingerprint density at radius 1 is 1.09 bits per heavy atom. The summed E-state index contributed by atoms with van der Waals surface area (Å²) in [5, 5.41) is 2.85. The van der Waals surface area contributed by atoms with Crippen molar-refractivity contribution in [3.63, 3.8) is 0 Å². The van der Waals surface area contributed by atoms with Crippen LogP contribution < -0.4 is 9.62 Å². The number of para-hydroxylation sites is 1. The Bertz CT molecular complexity index is 1420. The van der Waals surface area contributed by atoms with Crippen LogP contribution in [0.5, 0.6) is 0 Å². The number of hydrogen-bond acceptors (Lipinski definition) is 4. The molecule has 4 aromatic rings. The molecule has 2 N–H and O–H groups in total. The van der Waals surface area contributed by atoms with Crippen molar-refractivity contribution in [1.82, 2.24) is 15.3 Å². The Kier molecular flexibility index (Phi) is 6.82. The summed E-state index contributed by atoms with van der Waals surface area (Å²) < 4.78 is 51.1. The normalized spacial score (nSPS) is 12.9. The lowest BCUT2D eigenvalue weighted by atomic mass is 10.1. The van der Waals surface area contributed by atoms with E-state index in [2.05, 4.69) is 15.3 Å². The number of halogens is 3. The lowest BCUT2D eigenvalue weighted by Crippen LogP contribution is -2.30. The molecule has 1 heterocycles. The average molecular weight is 503 g/mol. The Morgan fingerprint density at radius 3 is 2.59 bits per heavy atom. The highest BCUT2D eigenvalue weighted by Gasteiger charge is 2.26. The van der Waals surface area contributed by atoms with Gasteiger partial charge in [0.1, 0.15) is 17.2 Å². The van der Waals surface area contributed by atoms with E-state index in [1.165, 1.54) is 43.6 Å². The van der Waals surface area contributed by atoms with Gasteiger partial charge in [-0.05, 0) is 43.3 Å². The van der Waals surface area contributed by atoms with E-state index >= 15 is 0 Å². The van der Waals surface area contributed by atoms with Crippen LogP contribution in [0.3, 0.4) is 0 Å². The second-order valence-corrected chi connectivity index (χ2v) is 8.51. The van der Waals surface area contributed by atoms with Crippen molar-refractivity contribution in [3.8, 4) is 0 Å². The number of carbonyl (C=O) groups is 1. The van der Waals surface area contributed by atoms with Gasteiger partial charge in [-0.3, -0.25) is 19.3 Å². The number of benzene rings is 3. The Labute approximate surface area is 200 Å². The predicted octanol–water partition coefficient (Wildman–Crippen LogP) is 5.33. The second-order valence-electron chi connectivity index (χ2n) is 7.25. The first kappa shape index (κ1) is 23.7. The van der Waals surface area contributed by atoms with Crippen LogP contribution in [0.25, 0.3) is 11.0 Å². The minimum Gasteiger partial charge on any atom is -0.345 e. The molecule has 0 saturated carbocycles. The van der Waals surface area contributed by atoms with Crippen LogP contribution in [0, 0.1) is 11.6 Å². The molecule has 1 amide bonds. The molecule has 7 nitrogen and oxygen atoms in total. The standard InChI is InChI=1S/C23H17ClF2N4O3S/c1-13(16-8-6-15(25)12-18(16)26)29-23(31)17-7-5-14(24)11-21(17)30(34(32)33)20-4-2-3-19-22(20)28-10-9-27-19/h2-13H,1H3,(H,29,31)(H,32,33). The molecule has 34 heavy (non-hydrogen) atoms. The van der Waals surface area contributed by atoms with Gasteiger partial charge in [0.15, 0.2) is 0 Å². The van der Waals surface area contributed by atoms with Gasteiger partial charge >= 0.3 is 0 Å². The van der Waals surface area contributed by atoms with Crippen molar-refractivity contribution in [1.29, 1.82) is 0 Å². The van der Waals surface area contributed by atoms with E-state index in [-0.39, 0.29) is 27.5 Å². The maximum absolute atomic E-state index is 14.2. The third-order valence-corrected chi connectivity index (χ3v) is 5.99. The van der Waals surface area contributed by atoms with Crippen LogP contribution in [0.2, 0.25) is 5.02 Å². The molecule has 0 aliphatic rings. The molecule has 0 aliphatic carbocycles. The Morgan fingerprint density at radius 2 is 1.85 bits per heavy atom. The number of nitrogens with zero attached hydrogens (tertiary/aromatic N) is 3. The van der Waals surface area contributed by atoms with Crippen molar-refractivity contribution in [2.45, 2.75) is 13.0 Å². The third kappa shape index (κ3) is 4.74. The highest BCUT2D eigenvalue weighted by molar-refractivity contribution is 7.81. The molecule has 0 saturated heterocycles. The van der Waals surface area contributed by atoms with Crippen molar-refractivity contribution in [3.05, 3.63) is 94.8 Å². The van der Waals surface area contributed by atoms with Crippen LogP contribution in [-0.2, 0) is 11.3 Å². The zero-order valence-electron chi connectivity index (χ0n) is 17.6. The molecular weight excluding hydrogens is 486 g/mol. The maximum atomic E-state index is 14.2. The van der Waals surface area contributed by atoms with Crippen molar-refractivity contribution >= 4 is 51.2 Å². The minimum atomic E-state index is -2.63. The topological polar surface area (TPSA) is 95.4 Å². The summed E-state index contributed by atoms with van der Waals surface area (Å²) in [6, 6.07) is 11.3. The van der Waals surface area contributed by atoms with Crippen LogP contribution in [-0.4, -0.2) is 24.6 Å². The quantitative estimate of drug-likeness (QED) is 0.348. The van der Waals surface area contributed by atoms with Gasteiger partial charge in [0.05, 0.1) is 28.5 Å². The van der Waals surface area contributed by atoms with Gasteiger partial charge < -0.3 is 5.32 Å². The molecular formula is C23H17ClF2N4O3S. The first-order valence-corrected chi connectivity index (χ1v) is 11.4. The predicted molar refractivity (Wildman–Crippen MR) is 126 cm³/mol. The Balaban J connectivity index is 1.77. The van der Waals surface area contributed by atoms with Gasteiger partial charge in [0, 0.05) is 29.0 Å². The van der Waals surface area contributed by atoms with E-state index in [1.54, 1.807) is 18.2 Å². The van der Waals surface area contributed by atoms with Crippen LogP contribution in [0.4, 0.5) is 20.2 Å². The molecule has 0 bridgehead atoms. The van der Waals surface area contributed by atoms with E-state index in [9.17, 15) is 22.3 Å². The van der Waals surface area contributed by atoms with Gasteiger partial charge in [0.25, 0.3) is 17.2 Å². The van der Waals surface area contributed by atoms with Gasteiger partial charge in [-0.1, -0.05) is 23.7 Å². The number of anilines is 2. The fourth-order valence-electron chi connectivity index (χ4n) is 3.51. The molecule has 174 valence electrons. The average Bonchev–Trinajstić information content (AvgIpc) is 2.79. The lowest BCUT2D eigenvalue weighted by Gasteiger charge is -2.24. The largest absolute Gasteiger partial charge is 0.345 e. The van der Waals surface area contributed by atoms with Crippen molar-refractivity contribution in [2.75, 3.05) is 4.31 Å². The van der Waals surface area contributed by atoms with Crippen LogP contribution in [0.15, 0.2) is 67.0 Å². The molecule has 0 spiro atoms. The van der Waals surface area contributed by atoms with Gasteiger partial charge in [-0.2, -0.15) is 0 Å². The van der Waals surface area contributed by atoms with Crippen LogP contribution in [0.1, 0.15) is 28.9 Å². The summed E-state index contributed by atoms with van der Waals surface area (Å²) in [5.41, 5.74) is 1.14.